The topological polar surface area (TPSA) is 30.5 Å². The smallest absolute Gasteiger partial charge is 0.181 e. The number of hydrogen-bond donors (Lipinski definition) is 1. The molecule has 4 heteroatoms. The Bertz CT molecular complexity index is 510. The molecule has 0 radical (unpaired) electrons. The van der Waals surface area contributed by atoms with Crippen molar-refractivity contribution in [2.45, 2.75) is 39.8 Å². The van der Waals surface area contributed by atoms with Gasteiger partial charge in [0.25, 0.3) is 0 Å². The summed E-state index contributed by atoms with van der Waals surface area (Å²) < 4.78 is 10.9. The summed E-state index contributed by atoms with van der Waals surface area (Å²) in [6, 6.07) is 3.82. The van der Waals surface area contributed by atoms with E-state index in [9.17, 15) is 0 Å². The summed E-state index contributed by atoms with van der Waals surface area (Å²) in [5.74, 6) is 6.77. The highest BCUT2D eigenvalue weighted by Gasteiger charge is 2.14. The van der Waals surface area contributed by atoms with E-state index in [0.29, 0.717) is 29.7 Å². The largest absolute Gasteiger partial charge is 0.493 e. The van der Waals surface area contributed by atoms with Crippen molar-refractivity contribution in [2.75, 3.05) is 13.7 Å². The lowest BCUT2D eigenvalue weighted by Gasteiger charge is -2.21. The number of rotatable bonds is 5. The summed E-state index contributed by atoms with van der Waals surface area (Å²) in [4.78, 5) is 0. The lowest BCUT2D eigenvalue weighted by atomic mass is 10.1. The zero-order valence-corrected chi connectivity index (χ0v) is 13.5. The van der Waals surface area contributed by atoms with Gasteiger partial charge in [-0.2, -0.15) is 0 Å². The van der Waals surface area contributed by atoms with Crippen LogP contribution in [0.15, 0.2) is 12.1 Å². The number of benzene rings is 1. The average Bonchev–Trinajstić information content (AvgIpc) is 2.37. The minimum absolute atomic E-state index is 0.0472. The Hall–Kier alpha value is -1.37. The van der Waals surface area contributed by atoms with E-state index < -0.39 is 0 Å². The molecule has 0 bridgehead atoms. The molecule has 0 saturated carbocycles. The van der Waals surface area contributed by atoms with Crippen molar-refractivity contribution in [2.24, 2.45) is 0 Å². The highest BCUT2D eigenvalue weighted by molar-refractivity contribution is 6.32. The maximum atomic E-state index is 6.26. The van der Waals surface area contributed by atoms with Gasteiger partial charge in [0.1, 0.15) is 6.61 Å². The van der Waals surface area contributed by atoms with Gasteiger partial charge in [-0.1, -0.05) is 17.5 Å². The zero-order valence-electron chi connectivity index (χ0n) is 12.8. The Balaban J connectivity index is 2.91. The molecule has 0 aromatic heterocycles. The van der Waals surface area contributed by atoms with Gasteiger partial charge in [-0.15, -0.1) is 5.92 Å². The lowest BCUT2D eigenvalue weighted by molar-refractivity contribution is 0.330. The molecule has 0 saturated heterocycles. The highest BCUT2D eigenvalue weighted by atomic mass is 35.5. The van der Waals surface area contributed by atoms with Crippen molar-refractivity contribution < 1.29 is 9.47 Å². The minimum Gasteiger partial charge on any atom is -0.493 e. The van der Waals surface area contributed by atoms with E-state index in [1.165, 1.54) is 0 Å². The SMILES string of the molecule is CC#CCOc1c(Cl)cc(CNC(C)(C)C)cc1OC. The van der Waals surface area contributed by atoms with Crippen molar-refractivity contribution in [3.63, 3.8) is 0 Å². The molecule has 0 aliphatic carbocycles. The molecule has 3 nitrogen and oxygen atoms in total. The van der Waals surface area contributed by atoms with E-state index in [-0.39, 0.29) is 5.54 Å². The fraction of sp³-hybridized carbons (Fsp3) is 0.500. The van der Waals surface area contributed by atoms with Gasteiger partial charge in [0, 0.05) is 12.1 Å². The van der Waals surface area contributed by atoms with E-state index in [4.69, 9.17) is 21.1 Å². The Morgan fingerprint density at radius 1 is 1.30 bits per heavy atom. The van der Waals surface area contributed by atoms with Crippen LogP contribution in [0, 0.1) is 11.8 Å². The van der Waals surface area contributed by atoms with Crippen LogP contribution in [-0.2, 0) is 6.54 Å². The van der Waals surface area contributed by atoms with Gasteiger partial charge in [0.15, 0.2) is 11.5 Å². The summed E-state index contributed by atoms with van der Waals surface area (Å²) in [5.41, 5.74) is 1.10. The second-order valence-electron chi connectivity index (χ2n) is 5.43. The standard InChI is InChI=1S/C16H22ClNO2/c1-6-7-8-20-15-13(17)9-12(10-14(15)19-5)11-18-16(2,3)4/h9-10,18H,8,11H2,1-5H3. The van der Waals surface area contributed by atoms with E-state index in [1.807, 2.05) is 12.1 Å². The monoisotopic (exact) mass is 295 g/mol. The molecular weight excluding hydrogens is 274 g/mol. The van der Waals surface area contributed by atoms with Crippen molar-refractivity contribution in [3.05, 3.63) is 22.7 Å². The van der Waals surface area contributed by atoms with Crippen LogP contribution in [0.2, 0.25) is 5.02 Å². The van der Waals surface area contributed by atoms with Crippen LogP contribution in [-0.4, -0.2) is 19.3 Å². The van der Waals surface area contributed by atoms with Crippen molar-refractivity contribution in [1.29, 1.82) is 0 Å². The number of hydrogen-bond acceptors (Lipinski definition) is 3. The predicted molar refractivity (Wildman–Crippen MR) is 83.5 cm³/mol. The number of methoxy groups -OCH3 is 1. The molecule has 1 N–H and O–H groups in total. The summed E-state index contributed by atoms with van der Waals surface area (Å²) in [6.07, 6.45) is 0. The molecule has 0 atom stereocenters. The maximum absolute atomic E-state index is 6.26. The second-order valence-corrected chi connectivity index (χ2v) is 5.84. The highest BCUT2D eigenvalue weighted by Crippen LogP contribution is 2.36. The third kappa shape index (κ3) is 5.32. The minimum atomic E-state index is 0.0472. The molecule has 1 aromatic carbocycles. The first-order valence-electron chi connectivity index (χ1n) is 6.51. The molecule has 1 rings (SSSR count). The molecule has 0 heterocycles. The van der Waals surface area contributed by atoms with Crippen LogP contribution < -0.4 is 14.8 Å². The van der Waals surface area contributed by atoms with E-state index in [0.717, 1.165) is 5.56 Å². The van der Waals surface area contributed by atoms with Gasteiger partial charge in [0.2, 0.25) is 0 Å². The predicted octanol–water partition coefficient (Wildman–Crippen LogP) is 3.64. The normalized spacial score (nSPS) is 10.7. The fourth-order valence-electron chi connectivity index (χ4n) is 1.56. The Morgan fingerprint density at radius 2 is 2.00 bits per heavy atom. The van der Waals surface area contributed by atoms with Gasteiger partial charge in [-0.3, -0.25) is 0 Å². The number of nitrogens with one attached hydrogen (secondary N) is 1. The Labute approximate surface area is 126 Å². The number of halogens is 1. The zero-order chi connectivity index (χ0) is 15.2. The summed E-state index contributed by atoms with van der Waals surface area (Å²) >= 11 is 6.26. The van der Waals surface area contributed by atoms with Crippen LogP contribution in [0.5, 0.6) is 11.5 Å². The molecule has 1 aromatic rings. The van der Waals surface area contributed by atoms with Crippen molar-refractivity contribution in [3.8, 4) is 23.3 Å². The van der Waals surface area contributed by atoms with Gasteiger partial charge in [-0.25, -0.2) is 0 Å². The molecule has 0 aliphatic heterocycles. The lowest BCUT2D eigenvalue weighted by Crippen LogP contribution is -2.35. The summed E-state index contributed by atoms with van der Waals surface area (Å²) in [6.45, 7) is 9.14. The molecule has 0 fully saturated rings. The fourth-order valence-corrected chi connectivity index (χ4v) is 1.85. The summed E-state index contributed by atoms with van der Waals surface area (Å²) in [5, 5.41) is 3.95. The first-order chi connectivity index (χ1) is 9.37. The molecular formula is C16H22ClNO2. The molecule has 0 amide bonds. The van der Waals surface area contributed by atoms with Gasteiger partial charge in [-0.05, 0) is 45.4 Å². The molecule has 20 heavy (non-hydrogen) atoms. The summed E-state index contributed by atoms with van der Waals surface area (Å²) in [7, 11) is 1.60. The Morgan fingerprint density at radius 3 is 2.55 bits per heavy atom. The van der Waals surface area contributed by atoms with Crippen molar-refractivity contribution in [1.82, 2.24) is 5.32 Å². The maximum Gasteiger partial charge on any atom is 0.181 e. The first kappa shape index (κ1) is 16.7. The van der Waals surface area contributed by atoms with Crippen LogP contribution in [0.25, 0.3) is 0 Å². The number of ether oxygens (including phenoxy) is 2. The molecule has 0 unspecified atom stereocenters. The van der Waals surface area contributed by atoms with E-state index >= 15 is 0 Å². The van der Waals surface area contributed by atoms with Gasteiger partial charge in [0.05, 0.1) is 12.1 Å². The van der Waals surface area contributed by atoms with E-state index in [1.54, 1.807) is 14.0 Å². The third-order valence-corrected chi connectivity index (χ3v) is 2.86. The van der Waals surface area contributed by atoms with E-state index in [2.05, 4.69) is 37.9 Å². The first-order valence-corrected chi connectivity index (χ1v) is 6.89. The molecule has 110 valence electrons. The quantitative estimate of drug-likeness (QED) is 0.841. The molecule has 0 aliphatic rings. The third-order valence-electron chi connectivity index (χ3n) is 2.58. The van der Waals surface area contributed by atoms with Crippen LogP contribution in [0.3, 0.4) is 0 Å². The second kappa shape index (κ2) is 7.42. The van der Waals surface area contributed by atoms with Crippen LogP contribution in [0.1, 0.15) is 33.3 Å². The average molecular weight is 296 g/mol. The van der Waals surface area contributed by atoms with Crippen molar-refractivity contribution >= 4 is 11.6 Å². The van der Waals surface area contributed by atoms with Crippen LogP contribution in [0.4, 0.5) is 0 Å². The molecule has 0 spiro atoms. The van der Waals surface area contributed by atoms with Gasteiger partial charge < -0.3 is 14.8 Å². The van der Waals surface area contributed by atoms with Gasteiger partial charge >= 0.3 is 0 Å². The Kier molecular flexibility index (Phi) is 6.19. The van der Waals surface area contributed by atoms with Crippen LogP contribution >= 0.6 is 11.6 Å².